The van der Waals surface area contributed by atoms with Crippen molar-refractivity contribution in [3.05, 3.63) is 41.7 Å². The Morgan fingerprint density at radius 2 is 1.94 bits per heavy atom. The normalized spacial score (nSPS) is 9.75. The van der Waals surface area contributed by atoms with Crippen LogP contribution in [0.1, 0.15) is 11.3 Å². The lowest BCUT2D eigenvalue weighted by atomic mass is 10.1. The van der Waals surface area contributed by atoms with Gasteiger partial charge in [0.2, 0.25) is 0 Å². The highest BCUT2D eigenvalue weighted by Gasteiger charge is 2.08. The van der Waals surface area contributed by atoms with Crippen LogP contribution in [0.15, 0.2) is 30.5 Å². The number of hydrogen-bond donors (Lipinski definition) is 1. The lowest BCUT2D eigenvalue weighted by Gasteiger charge is -2.03. The van der Waals surface area contributed by atoms with E-state index in [1.807, 2.05) is 37.3 Å². The van der Waals surface area contributed by atoms with Gasteiger partial charge in [-0.3, -0.25) is 0 Å². The van der Waals surface area contributed by atoms with Crippen LogP contribution in [0.2, 0.25) is 0 Å². The summed E-state index contributed by atoms with van der Waals surface area (Å²) in [5.41, 5.74) is 8.39. The van der Waals surface area contributed by atoms with E-state index >= 15 is 0 Å². The molecule has 16 heavy (non-hydrogen) atoms. The van der Waals surface area contributed by atoms with E-state index < -0.39 is 0 Å². The smallest absolute Gasteiger partial charge is 0.166 e. The van der Waals surface area contributed by atoms with Crippen molar-refractivity contribution in [1.29, 1.82) is 5.26 Å². The van der Waals surface area contributed by atoms with Gasteiger partial charge in [-0.15, -0.1) is 0 Å². The monoisotopic (exact) mass is 210 g/mol. The molecule has 0 fully saturated rings. The molecule has 0 aliphatic carbocycles. The Morgan fingerprint density at radius 1 is 1.25 bits per heavy atom. The number of nitriles is 1. The Hall–Kier alpha value is -2.41. The maximum atomic E-state index is 8.93. The number of anilines is 1. The zero-order chi connectivity index (χ0) is 11.5. The first-order valence-electron chi connectivity index (χ1n) is 4.80. The van der Waals surface area contributed by atoms with Crippen molar-refractivity contribution in [1.82, 2.24) is 9.97 Å². The van der Waals surface area contributed by atoms with Gasteiger partial charge in [0.1, 0.15) is 17.6 Å². The van der Waals surface area contributed by atoms with E-state index in [1.165, 1.54) is 6.20 Å². The van der Waals surface area contributed by atoms with E-state index in [-0.39, 0.29) is 5.69 Å². The first-order valence-corrected chi connectivity index (χ1v) is 4.80. The van der Waals surface area contributed by atoms with Gasteiger partial charge in [-0.1, -0.05) is 29.8 Å². The molecule has 0 atom stereocenters. The molecule has 0 bridgehead atoms. The molecule has 0 aliphatic rings. The molecule has 0 unspecified atom stereocenters. The van der Waals surface area contributed by atoms with Crippen LogP contribution in [-0.4, -0.2) is 9.97 Å². The van der Waals surface area contributed by atoms with Crippen molar-refractivity contribution < 1.29 is 0 Å². The standard InChI is InChI=1S/C12H10N4/c1-8-2-4-9(5-3-8)12-10(6-13)15-7-11(14)16-12/h2-5,7H,1H3,(H2,14,16). The summed E-state index contributed by atoms with van der Waals surface area (Å²) >= 11 is 0. The Labute approximate surface area is 93.4 Å². The highest BCUT2D eigenvalue weighted by molar-refractivity contribution is 5.65. The number of nitrogen functional groups attached to an aromatic ring is 1. The quantitative estimate of drug-likeness (QED) is 0.780. The lowest BCUT2D eigenvalue weighted by molar-refractivity contribution is 1.18. The minimum absolute atomic E-state index is 0.290. The van der Waals surface area contributed by atoms with Gasteiger partial charge in [-0.25, -0.2) is 9.97 Å². The summed E-state index contributed by atoms with van der Waals surface area (Å²) in [5, 5.41) is 8.93. The Kier molecular flexibility index (Phi) is 2.52. The van der Waals surface area contributed by atoms with Gasteiger partial charge >= 0.3 is 0 Å². The zero-order valence-corrected chi connectivity index (χ0v) is 8.81. The largest absolute Gasteiger partial charge is 0.382 e. The average molecular weight is 210 g/mol. The molecule has 0 spiro atoms. The third kappa shape index (κ3) is 1.84. The van der Waals surface area contributed by atoms with Crippen molar-refractivity contribution in [3.63, 3.8) is 0 Å². The molecule has 2 rings (SSSR count). The molecule has 0 saturated carbocycles. The highest BCUT2D eigenvalue weighted by atomic mass is 14.9. The molecule has 78 valence electrons. The van der Waals surface area contributed by atoms with Crippen LogP contribution in [-0.2, 0) is 0 Å². The van der Waals surface area contributed by atoms with Crippen LogP contribution in [0.25, 0.3) is 11.3 Å². The summed E-state index contributed by atoms with van der Waals surface area (Å²) in [7, 11) is 0. The minimum atomic E-state index is 0.290. The first-order chi connectivity index (χ1) is 7.70. The summed E-state index contributed by atoms with van der Waals surface area (Å²) in [6.45, 7) is 2.00. The Balaban J connectivity index is 2.59. The molecule has 0 amide bonds. The molecule has 0 radical (unpaired) electrons. The maximum absolute atomic E-state index is 8.93. The van der Waals surface area contributed by atoms with Crippen molar-refractivity contribution in [2.45, 2.75) is 6.92 Å². The van der Waals surface area contributed by atoms with E-state index in [4.69, 9.17) is 11.0 Å². The van der Waals surface area contributed by atoms with Gasteiger partial charge in [-0.2, -0.15) is 5.26 Å². The molecule has 1 aromatic heterocycles. The van der Waals surface area contributed by atoms with Crippen molar-refractivity contribution in [2.24, 2.45) is 0 Å². The fourth-order valence-electron chi connectivity index (χ4n) is 1.40. The molecule has 1 aromatic carbocycles. The van der Waals surface area contributed by atoms with Crippen LogP contribution in [0.3, 0.4) is 0 Å². The third-order valence-electron chi connectivity index (χ3n) is 2.22. The Bertz CT molecular complexity index is 552. The number of aryl methyl sites for hydroxylation is 1. The fraction of sp³-hybridized carbons (Fsp3) is 0.0833. The van der Waals surface area contributed by atoms with Crippen molar-refractivity contribution in [3.8, 4) is 17.3 Å². The average Bonchev–Trinajstić information content (AvgIpc) is 2.30. The van der Waals surface area contributed by atoms with Gasteiger partial charge in [0.25, 0.3) is 0 Å². The van der Waals surface area contributed by atoms with E-state index in [2.05, 4.69) is 9.97 Å². The molecule has 0 aliphatic heterocycles. The second-order valence-electron chi connectivity index (χ2n) is 3.47. The third-order valence-corrected chi connectivity index (χ3v) is 2.22. The van der Waals surface area contributed by atoms with Gasteiger partial charge in [-0.05, 0) is 6.92 Å². The lowest BCUT2D eigenvalue weighted by Crippen LogP contribution is -1.98. The van der Waals surface area contributed by atoms with E-state index in [9.17, 15) is 0 Å². The predicted molar refractivity (Wildman–Crippen MR) is 61.3 cm³/mol. The molecule has 0 saturated heterocycles. The van der Waals surface area contributed by atoms with Crippen LogP contribution >= 0.6 is 0 Å². The number of nitrogens with zero attached hydrogens (tertiary/aromatic N) is 3. The second kappa shape index (κ2) is 3.99. The second-order valence-corrected chi connectivity index (χ2v) is 3.47. The minimum Gasteiger partial charge on any atom is -0.382 e. The van der Waals surface area contributed by atoms with Gasteiger partial charge in [0, 0.05) is 5.56 Å². The van der Waals surface area contributed by atoms with Crippen LogP contribution < -0.4 is 5.73 Å². The number of benzene rings is 1. The zero-order valence-electron chi connectivity index (χ0n) is 8.81. The molecular formula is C12H10N4. The molecular weight excluding hydrogens is 200 g/mol. The molecule has 2 N–H and O–H groups in total. The van der Waals surface area contributed by atoms with Crippen LogP contribution in [0.4, 0.5) is 5.82 Å². The number of nitrogens with two attached hydrogens (primary N) is 1. The SMILES string of the molecule is Cc1ccc(-c2nc(N)cnc2C#N)cc1. The van der Waals surface area contributed by atoms with E-state index in [1.54, 1.807) is 0 Å². The molecule has 4 heteroatoms. The van der Waals surface area contributed by atoms with Crippen molar-refractivity contribution >= 4 is 5.82 Å². The number of hydrogen-bond acceptors (Lipinski definition) is 4. The van der Waals surface area contributed by atoms with Crippen molar-refractivity contribution in [2.75, 3.05) is 5.73 Å². The van der Waals surface area contributed by atoms with Gasteiger partial charge in [0.15, 0.2) is 5.69 Å². The summed E-state index contributed by atoms with van der Waals surface area (Å²) in [4.78, 5) is 8.08. The van der Waals surface area contributed by atoms with E-state index in [0.717, 1.165) is 11.1 Å². The fourth-order valence-corrected chi connectivity index (χ4v) is 1.40. The highest BCUT2D eigenvalue weighted by Crippen LogP contribution is 2.20. The molecule has 1 heterocycles. The topological polar surface area (TPSA) is 75.6 Å². The maximum Gasteiger partial charge on any atom is 0.166 e. The van der Waals surface area contributed by atoms with Crippen LogP contribution in [0.5, 0.6) is 0 Å². The summed E-state index contributed by atoms with van der Waals surface area (Å²) in [6, 6.07) is 9.73. The van der Waals surface area contributed by atoms with Gasteiger partial charge in [0.05, 0.1) is 6.20 Å². The van der Waals surface area contributed by atoms with Crippen LogP contribution in [0, 0.1) is 18.3 Å². The summed E-state index contributed by atoms with van der Waals surface area (Å²) in [6.07, 6.45) is 1.39. The summed E-state index contributed by atoms with van der Waals surface area (Å²) < 4.78 is 0. The molecule has 4 nitrogen and oxygen atoms in total. The Morgan fingerprint density at radius 3 is 2.56 bits per heavy atom. The number of aromatic nitrogens is 2. The molecule has 2 aromatic rings. The first kappa shape index (κ1) is 10.1. The number of rotatable bonds is 1. The predicted octanol–water partition coefficient (Wildman–Crippen LogP) is 1.91. The summed E-state index contributed by atoms with van der Waals surface area (Å²) in [5.74, 6) is 0.314. The van der Waals surface area contributed by atoms with E-state index in [0.29, 0.717) is 11.5 Å². The van der Waals surface area contributed by atoms with Gasteiger partial charge < -0.3 is 5.73 Å².